The van der Waals surface area contributed by atoms with E-state index in [2.05, 4.69) is 14.9 Å². The molecular weight excluding hydrogens is 358 g/mol. The molecule has 0 spiro atoms. The molecule has 6 nitrogen and oxygen atoms in total. The Balaban J connectivity index is 1.49. The maximum Gasteiger partial charge on any atom is 0.250 e. The maximum absolute atomic E-state index is 12.5. The third-order valence-corrected chi connectivity index (χ3v) is 6.86. The second-order valence-electron chi connectivity index (χ2n) is 6.20. The average Bonchev–Trinajstić information content (AvgIpc) is 3.11. The highest BCUT2D eigenvalue weighted by Gasteiger charge is 2.30. The van der Waals surface area contributed by atoms with Crippen LogP contribution in [0.3, 0.4) is 0 Å². The number of nitrogens with zero attached hydrogens (tertiary/aromatic N) is 2. The molecule has 1 N–H and O–H groups in total. The maximum atomic E-state index is 12.5. The molecule has 0 unspecified atom stereocenters. The van der Waals surface area contributed by atoms with Crippen molar-refractivity contribution in [3.63, 3.8) is 0 Å². The molecule has 0 atom stereocenters. The number of aromatic nitrogens is 2. The second-order valence-corrected chi connectivity index (χ2v) is 9.10. The predicted octanol–water partition coefficient (Wildman–Crippen LogP) is 3.46. The van der Waals surface area contributed by atoms with E-state index in [1.54, 1.807) is 11.4 Å². The predicted molar refractivity (Wildman–Crippen MR) is 94.8 cm³/mol. The molecule has 25 heavy (non-hydrogen) atoms. The lowest BCUT2D eigenvalue weighted by Gasteiger charge is -2.05. The molecule has 1 saturated carbocycles. The highest BCUT2D eigenvalue weighted by atomic mass is 32.2. The van der Waals surface area contributed by atoms with E-state index in [-0.39, 0.29) is 10.8 Å². The van der Waals surface area contributed by atoms with Crippen molar-refractivity contribution < 1.29 is 12.9 Å². The van der Waals surface area contributed by atoms with Gasteiger partial charge >= 0.3 is 0 Å². The Hall–Kier alpha value is -2.03. The molecule has 1 fully saturated rings. The van der Waals surface area contributed by atoms with E-state index in [1.807, 2.05) is 31.2 Å². The number of benzene rings is 1. The Labute approximate surface area is 150 Å². The smallest absolute Gasteiger partial charge is 0.250 e. The van der Waals surface area contributed by atoms with Gasteiger partial charge in [-0.2, -0.15) is 4.98 Å². The van der Waals surface area contributed by atoms with Crippen LogP contribution in [0.1, 0.15) is 35.8 Å². The van der Waals surface area contributed by atoms with Crippen LogP contribution in [0.25, 0.3) is 11.4 Å². The second kappa shape index (κ2) is 6.36. The number of hydrogen-bond acceptors (Lipinski definition) is 6. The van der Waals surface area contributed by atoms with Crippen molar-refractivity contribution in [3.05, 3.63) is 52.7 Å². The Morgan fingerprint density at radius 3 is 2.92 bits per heavy atom. The molecule has 1 aromatic carbocycles. The van der Waals surface area contributed by atoms with E-state index < -0.39 is 10.0 Å². The summed E-state index contributed by atoms with van der Waals surface area (Å²) in [6.07, 6.45) is 2.15. The van der Waals surface area contributed by atoms with Crippen LogP contribution >= 0.6 is 11.3 Å². The zero-order valence-corrected chi connectivity index (χ0v) is 15.2. The largest absolute Gasteiger partial charge is 0.339 e. The molecule has 0 aliphatic heterocycles. The Kier molecular flexibility index (Phi) is 4.18. The van der Waals surface area contributed by atoms with E-state index in [4.69, 9.17) is 4.52 Å². The van der Waals surface area contributed by atoms with Gasteiger partial charge in [-0.3, -0.25) is 0 Å². The fraction of sp³-hybridized carbons (Fsp3) is 0.294. The topological polar surface area (TPSA) is 85.1 Å². The van der Waals surface area contributed by atoms with Crippen molar-refractivity contribution in [3.8, 4) is 11.4 Å². The molecule has 0 bridgehead atoms. The van der Waals surface area contributed by atoms with Gasteiger partial charge in [-0.05, 0) is 31.4 Å². The zero-order chi connectivity index (χ0) is 17.4. The minimum atomic E-state index is -3.57. The standard InChI is InChI=1S/C17H17N3O3S2/c1-11-3-2-4-12(7-11)9-18-25(21,22)15-8-14(10-24-15)16-19-17(23-20-16)13-5-6-13/h2-4,7-8,10,13,18H,5-6,9H2,1H3. The Morgan fingerprint density at radius 2 is 2.16 bits per heavy atom. The summed E-state index contributed by atoms with van der Waals surface area (Å²) in [6.45, 7) is 2.23. The molecule has 1 aliphatic rings. The number of thiophene rings is 1. The summed E-state index contributed by atoms with van der Waals surface area (Å²) in [7, 11) is -3.57. The molecule has 2 aromatic heterocycles. The zero-order valence-electron chi connectivity index (χ0n) is 13.6. The van der Waals surface area contributed by atoms with E-state index in [9.17, 15) is 8.42 Å². The highest BCUT2D eigenvalue weighted by molar-refractivity contribution is 7.91. The average molecular weight is 375 g/mol. The van der Waals surface area contributed by atoms with E-state index in [0.717, 1.165) is 35.3 Å². The monoisotopic (exact) mass is 375 g/mol. The number of rotatable bonds is 6. The molecule has 2 heterocycles. The molecule has 3 aromatic rings. The van der Waals surface area contributed by atoms with Crippen molar-refractivity contribution >= 4 is 21.4 Å². The number of nitrogens with one attached hydrogen (secondary N) is 1. The molecule has 0 radical (unpaired) electrons. The van der Waals surface area contributed by atoms with Crippen molar-refractivity contribution in [1.29, 1.82) is 0 Å². The van der Waals surface area contributed by atoms with Crippen molar-refractivity contribution in [1.82, 2.24) is 14.9 Å². The van der Waals surface area contributed by atoms with Crippen molar-refractivity contribution in [2.75, 3.05) is 0 Å². The normalized spacial score (nSPS) is 14.8. The minimum absolute atomic E-state index is 0.243. The lowest BCUT2D eigenvalue weighted by molar-refractivity contribution is 0.380. The van der Waals surface area contributed by atoms with Crippen molar-refractivity contribution in [2.45, 2.75) is 36.4 Å². The van der Waals surface area contributed by atoms with E-state index in [0.29, 0.717) is 23.2 Å². The number of sulfonamides is 1. The van der Waals surface area contributed by atoms with Crippen LogP contribution in [0.2, 0.25) is 0 Å². The molecule has 0 saturated heterocycles. The molecule has 8 heteroatoms. The van der Waals surface area contributed by atoms with Gasteiger partial charge < -0.3 is 4.52 Å². The first-order valence-corrected chi connectivity index (χ1v) is 10.4. The van der Waals surface area contributed by atoms with Crippen LogP contribution in [0.15, 0.2) is 44.4 Å². The van der Waals surface area contributed by atoms with Gasteiger partial charge in [-0.1, -0.05) is 35.0 Å². The summed E-state index contributed by atoms with van der Waals surface area (Å²) < 4.78 is 33.1. The van der Waals surface area contributed by atoms with Crippen LogP contribution in [0, 0.1) is 6.92 Å². The van der Waals surface area contributed by atoms with E-state index >= 15 is 0 Å². The lowest BCUT2D eigenvalue weighted by atomic mass is 10.1. The summed E-state index contributed by atoms with van der Waals surface area (Å²) in [5.74, 6) is 1.46. The molecule has 0 amide bonds. The third kappa shape index (κ3) is 3.65. The van der Waals surface area contributed by atoms with Gasteiger partial charge in [0.15, 0.2) is 0 Å². The summed E-state index contributed by atoms with van der Waals surface area (Å²) in [4.78, 5) is 4.35. The van der Waals surface area contributed by atoms with Crippen LogP contribution < -0.4 is 4.72 Å². The van der Waals surface area contributed by atoms with Gasteiger partial charge in [0.2, 0.25) is 21.7 Å². The fourth-order valence-corrected chi connectivity index (χ4v) is 4.72. The van der Waals surface area contributed by atoms with Gasteiger partial charge in [0.05, 0.1) is 0 Å². The Morgan fingerprint density at radius 1 is 1.32 bits per heavy atom. The first-order valence-electron chi connectivity index (χ1n) is 7.99. The van der Waals surface area contributed by atoms with Crippen LogP contribution in [-0.2, 0) is 16.6 Å². The first-order chi connectivity index (χ1) is 12.0. The first kappa shape index (κ1) is 16.4. The van der Waals surface area contributed by atoms with Gasteiger partial charge in [0.1, 0.15) is 4.21 Å². The number of aryl methyl sites for hydroxylation is 1. The minimum Gasteiger partial charge on any atom is -0.339 e. The molecular formula is C17H17N3O3S2. The molecule has 130 valence electrons. The van der Waals surface area contributed by atoms with Gasteiger partial charge in [0, 0.05) is 23.4 Å². The van der Waals surface area contributed by atoms with Gasteiger partial charge in [-0.15, -0.1) is 11.3 Å². The van der Waals surface area contributed by atoms with Gasteiger partial charge in [-0.25, -0.2) is 13.1 Å². The lowest BCUT2D eigenvalue weighted by Crippen LogP contribution is -2.22. The SMILES string of the molecule is Cc1cccc(CNS(=O)(=O)c2cc(-c3noc(C4CC4)n3)cs2)c1. The fourth-order valence-electron chi connectivity index (χ4n) is 2.49. The van der Waals surface area contributed by atoms with Crippen LogP contribution in [-0.4, -0.2) is 18.6 Å². The summed E-state index contributed by atoms with van der Waals surface area (Å²) >= 11 is 1.15. The third-order valence-electron chi connectivity index (χ3n) is 4.02. The Bertz CT molecular complexity index is 1000. The van der Waals surface area contributed by atoms with E-state index in [1.165, 1.54) is 0 Å². The quantitative estimate of drug-likeness (QED) is 0.713. The molecule has 4 rings (SSSR count). The van der Waals surface area contributed by atoms with Crippen LogP contribution in [0.4, 0.5) is 0 Å². The van der Waals surface area contributed by atoms with Crippen molar-refractivity contribution in [2.24, 2.45) is 0 Å². The summed E-state index contributed by atoms with van der Waals surface area (Å²) in [5.41, 5.74) is 2.68. The highest BCUT2D eigenvalue weighted by Crippen LogP contribution is 2.39. The summed E-state index contributed by atoms with van der Waals surface area (Å²) in [5, 5.41) is 5.69. The van der Waals surface area contributed by atoms with Gasteiger partial charge in [0.25, 0.3) is 0 Å². The summed E-state index contributed by atoms with van der Waals surface area (Å²) in [6, 6.07) is 9.33. The molecule has 1 aliphatic carbocycles. The van der Waals surface area contributed by atoms with Crippen LogP contribution in [0.5, 0.6) is 0 Å². The number of hydrogen-bond donors (Lipinski definition) is 1.